The van der Waals surface area contributed by atoms with Crippen LogP contribution in [0.4, 0.5) is 5.95 Å². The van der Waals surface area contributed by atoms with Crippen molar-refractivity contribution in [2.45, 2.75) is 19.1 Å². The minimum Gasteiger partial charge on any atom is -0.368 e. The number of ketones is 1. The minimum absolute atomic E-state index is 0.108. The molecule has 0 amide bonds. The number of rotatable bonds is 4. The summed E-state index contributed by atoms with van der Waals surface area (Å²) in [4.78, 5) is 16.6. The molecule has 3 rings (SSSR count). The highest BCUT2D eigenvalue weighted by molar-refractivity contribution is 7.90. The summed E-state index contributed by atoms with van der Waals surface area (Å²) >= 11 is 0. The average Bonchev–Trinajstić information content (AvgIpc) is 2.90. The molecular weight excluding hydrogens is 326 g/mol. The number of fused-ring (bicyclic) bond motifs is 1. The normalized spacial score (nSPS) is 12.0. The van der Waals surface area contributed by atoms with E-state index in [-0.39, 0.29) is 11.7 Å². The fourth-order valence-corrected chi connectivity index (χ4v) is 3.60. The number of hydrogen-bond acceptors (Lipinski definition) is 5. The maximum atomic E-state index is 12.5. The van der Waals surface area contributed by atoms with E-state index in [2.05, 4.69) is 4.98 Å². The third kappa shape index (κ3) is 2.56. The van der Waals surface area contributed by atoms with E-state index in [4.69, 9.17) is 5.73 Å². The lowest BCUT2D eigenvalue weighted by atomic mass is 10.0. The monoisotopic (exact) mass is 343 g/mol. The molecule has 0 saturated carbocycles. The van der Waals surface area contributed by atoms with Gasteiger partial charge in [-0.2, -0.15) is 0 Å². The van der Waals surface area contributed by atoms with Crippen LogP contribution < -0.4 is 5.73 Å². The van der Waals surface area contributed by atoms with Gasteiger partial charge in [-0.15, -0.1) is 0 Å². The zero-order chi connectivity index (χ0) is 17.5. The van der Waals surface area contributed by atoms with Crippen LogP contribution in [0.1, 0.15) is 29.8 Å². The van der Waals surface area contributed by atoms with Crippen LogP contribution in [0, 0.1) is 0 Å². The van der Waals surface area contributed by atoms with Crippen molar-refractivity contribution in [3.8, 4) is 0 Å². The number of nitrogens with two attached hydrogens (primary N) is 1. The van der Waals surface area contributed by atoms with E-state index >= 15 is 0 Å². The van der Waals surface area contributed by atoms with Crippen LogP contribution in [0.2, 0.25) is 0 Å². The minimum atomic E-state index is -3.63. The molecule has 0 aliphatic carbocycles. The third-order valence-electron chi connectivity index (χ3n) is 3.79. The number of hydrogen-bond donors (Lipinski definition) is 1. The molecule has 0 spiro atoms. The van der Waals surface area contributed by atoms with Gasteiger partial charge in [0.05, 0.1) is 16.3 Å². The fourth-order valence-electron chi connectivity index (χ4n) is 2.45. The maximum Gasteiger partial charge on any atom is 0.244 e. The van der Waals surface area contributed by atoms with Gasteiger partial charge in [0.25, 0.3) is 0 Å². The Kier molecular flexibility index (Phi) is 3.88. The Labute approximate surface area is 140 Å². The Morgan fingerprint density at radius 2 is 1.75 bits per heavy atom. The molecule has 0 aliphatic rings. The van der Waals surface area contributed by atoms with E-state index in [1.807, 2.05) is 6.07 Å². The van der Waals surface area contributed by atoms with Crippen molar-refractivity contribution in [2.24, 2.45) is 0 Å². The van der Waals surface area contributed by atoms with E-state index < -0.39 is 15.3 Å². The maximum absolute atomic E-state index is 12.5. The first kappa shape index (κ1) is 16.2. The van der Waals surface area contributed by atoms with E-state index in [0.29, 0.717) is 22.2 Å². The Hall–Kier alpha value is -2.67. The second-order valence-electron chi connectivity index (χ2n) is 5.73. The largest absolute Gasteiger partial charge is 0.368 e. The van der Waals surface area contributed by atoms with Crippen LogP contribution in [0.15, 0.2) is 48.5 Å². The number of benzene rings is 2. The molecule has 3 aromatic rings. The van der Waals surface area contributed by atoms with E-state index in [0.717, 1.165) is 3.97 Å². The SMILES string of the molecule is CC(C)S(=O)(=O)n1c(N)nc2cc(C(=O)c3ccccc3)ccc21. The molecule has 6 nitrogen and oxygen atoms in total. The predicted octanol–water partition coefficient (Wildman–Crippen LogP) is 2.44. The van der Waals surface area contributed by atoms with Crippen LogP contribution >= 0.6 is 0 Å². The first-order chi connectivity index (χ1) is 11.3. The van der Waals surface area contributed by atoms with Gasteiger partial charge in [-0.1, -0.05) is 30.3 Å². The van der Waals surface area contributed by atoms with Crippen molar-refractivity contribution in [2.75, 3.05) is 5.73 Å². The average molecular weight is 343 g/mol. The zero-order valence-corrected chi connectivity index (χ0v) is 14.1. The topological polar surface area (TPSA) is 95.1 Å². The lowest BCUT2D eigenvalue weighted by Crippen LogP contribution is -2.23. The highest BCUT2D eigenvalue weighted by atomic mass is 32.2. The summed E-state index contributed by atoms with van der Waals surface area (Å²) in [6, 6.07) is 13.6. The lowest BCUT2D eigenvalue weighted by Gasteiger charge is -2.11. The van der Waals surface area contributed by atoms with Crippen LogP contribution in [-0.4, -0.2) is 28.4 Å². The van der Waals surface area contributed by atoms with Gasteiger partial charge in [0.2, 0.25) is 16.0 Å². The molecule has 2 N–H and O–H groups in total. The Morgan fingerprint density at radius 1 is 1.08 bits per heavy atom. The Bertz CT molecular complexity index is 1020. The molecule has 0 fully saturated rings. The summed E-state index contributed by atoms with van der Waals surface area (Å²) < 4.78 is 25.9. The zero-order valence-electron chi connectivity index (χ0n) is 13.3. The van der Waals surface area contributed by atoms with Gasteiger partial charge in [0.1, 0.15) is 0 Å². The molecule has 0 bridgehead atoms. The first-order valence-corrected chi connectivity index (χ1v) is 8.95. The lowest BCUT2D eigenvalue weighted by molar-refractivity contribution is 0.103. The van der Waals surface area contributed by atoms with E-state index in [1.165, 1.54) is 0 Å². The summed E-state index contributed by atoms with van der Waals surface area (Å²) in [5.74, 6) is -0.264. The van der Waals surface area contributed by atoms with Crippen molar-refractivity contribution < 1.29 is 13.2 Å². The van der Waals surface area contributed by atoms with Gasteiger partial charge < -0.3 is 5.73 Å². The highest BCUT2D eigenvalue weighted by Crippen LogP contribution is 2.24. The molecule has 0 radical (unpaired) electrons. The molecule has 1 aromatic heterocycles. The number of carbonyl (C=O) groups excluding carboxylic acids is 1. The van der Waals surface area contributed by atoms with Crippen molar-refractivity contribution >= 4 is 32.8 Å². The van der Waals surface area contributed by atoms with Crippen LogP contribution in [0.25, 0.3) is 11.0 Å². The molecule has 0 unspecified atom stereocenters. The van der Waals surface area contributed by atoms with Gasteiger partial charge in [0, 0.05) is 11.1 Å². The molecule has 24 heavy (non-hydrogen) atoms. The Morgan fingerprint density at radius 3 is 2.38 bits per heavy atom. The molecule has 0 atom stereocenters. The summed E-state index contributed by atoms with van der Waals surface area (Å²) in [5, 5.41) is -0.636. The van der Waals surface area contributed by atoms with Crippen LogP contribution in [0.5, 0.6) is 0 Å². The van der Waals surface area contributed by atoms with Gasteiger partial charge in [-0.3, -0.25) is 4.79 Å². The van der Waals surface area contributed by atoms with Crippen molar-refractivity contribution in [3.63, 3.8) is 0 Å². The summed E-state index contributed by atoms with van der Waals surface area (Å²) in [6.45, 7) is 3.15. The van der Waals surface area contributed by atoms with Crippen molar-refractivity contribution in [1.29, 1.82) is 0 Å². The number of aromatic nitrogens is 2. The molecule has 0 aliphatic heterocycles. The standard InChI is InChI=1S/C17H17N3O3S/c1-11(2)24(22,23)20-15-9-8-13(10-14(15)19-17(20)18)16(21)12-6-4-3-5-7-12/h3-11H,1-2H3,(H2,18,19). The number of nitrogens with zero attached hydrogens (tertiary/aromatic N) is 2. The highest BCUT2D eigenvalue weighted by Gasteiger charge is 2.24. The molecule has 124 valence electrons. The van der Waals surface area contributed by atoms with Gasteiger partial charge in [0.15, 0.2) is 5.78 Å². The number of imidazole rings is 1. The fraction of sp³-hybridized carbons (Fsp3) is 0.176. The number of carbonyl (C=O) groups is 1. The summed E-state index contributed by atoms with van der Waals surface area (Å²) in [7, 11) is -3.63. The number of anilines is 1. The third-order valence-corrected chi connectivity index (χ3v) is 5.87. The molecule has 7 heteroatoms. The summed E-state index contributed by atoms with van der Waals surface area (Å²) in [5.41, 5.74) is 7.53. The second-order valence-corrected chi connectivity index (χ2v) is 8.06. The molecule has 1 heterocycles. The quantitative estimate of drug-likeness (QED) is 0.734. The smallest absolute Gasteiger partial charge is 0.244 e. The second kappa shape index (κ2) is 5.76. The van der Waals surface area contributed by atoms with Crippen LogP contribution in [-0.2, 0) is 10.0 Å². The van der Waals surface area contributed by atoms with E-state index in [9.17, 15) is 13.2 Å². The number of nitrogen functional groups attached to an aromatic ring is 1. The van der Waals surface area contributed by atoms with Crippen molar-refractivity contribution in [1.82, 2.24) is 8.96 Å². The van der Waals surface area contributed by atoms with Gasteiger partial charge in [-0.05, 0) is 32.0 Å². The van der Waals surface area contributed by atoms with E-state index in [1.54, 1.807) is 56.3 Å². The molecule has 2 aromatic carbocycles. The van der Waals surface area contributed by atoms with Gasteiger partial charge in [-0.25, -0.2) is 17.4 Å². The first-order valence-electron chi connectivity index (χ1n) is 7.44. The van der Waals surface area contributed by atoms with Gasteiger partial charge >= 0.3 is 0 Å². The molecular formula is C17H17N3O3S. The summed E-state index contributed by atoms with van der Waals surface area (Å²) in [6.07, 6.45) is 0. The van der Waals surface area contributed by atoms with Crippen LogP contribution in [0.3, 0.4) is 0 Å². The molecule has 0 saturated heterocycles. The predicted molar refractivity (Wildman–Crippen MR) is 93.5 cm³/mol. The van der Waals surface area contributed by atoms with Crippen molar-refractivity contribution in [3.05, 3.63) is 59.7 Å². The Balaban J connectivity index is 2.14.